The van der Waals surface area contributed by atoms with Gasteiger partial charge in [0.25, 0.3) is 0 Å². The highest BCUT2D eigenvalue weighted by Gasteiger charge is 2.05. The molecule has 1 rings (SSSR count). The van der Waals surface area contributed by atoms with Gasteiger partial charge in [0.1, 0.15) is 0 Å². The fraction of sp³-hybridized carbons (Fsp3) is 0.364. The molecular formula is C11H13N. The Morgan fingerprint density at radius 3 is 2.42 bits per heavy atom. The Bertz CT molecular complexity index is 262. The van der Waals surface area contributed by atoms with Crippen molar-refractivity contribution in [3.05, 3.63) is 36.0 Å². The molecule has 0 fully saturated rings. The number of hydrogen-bond donors (Lipinski definition) is 0. The molecular weight excluding hydrogens is 146 g/mol. The number of allylic oxidation sites excluding steroid dienone is 6. The normalized spacial score (nSPS) is 17.3. The Hall–Kier alpha value is -1.29. The highest BCUT2D eigenvalue weighted by molar-refractivity contribution is 5.30. The summed E-state index contributed by atoms with van der Waals surface area (Å²) in [6.45, 7) is 4.08. The Balaban J connectivity index is 2.72. The average molecular weight is 159 g/mol. The summed E-state index contributed by atoms with van der Waals surface area (Å²) >= 11 is 0. The molecule has 0 saturated heterocycles. The van der Waals surface area contributed by atoms with Crippen molar-refractivity contribution in [2.75, 3.05) is 0 Å². The SMILES string of the molecule is CC(C)/C(C#N)=C\C1C=CC=C1. The Morgan fingerprint density at radius 1 is 1.42 bits per heavy atom. The smallest absolute Gasteiger partial charge is 0.0946 e. The lowest BCUT2D eigenvalue weighted by molar-refractivity contribution is 0.784. The highest BCUT2D eigenvalue weighted by Crippen LogP contribution is 2.16. The van der Waals surface area contributed by atoms with Gasteiger partial charge in [0.2, 0.25) is 0 Å². The van der Waals surface area contributed by atoms with Gasteiger partial charge in [0.05, 0.1) is 6.07 Å². The van der Waals surface area contributed by atoms with Crippen LogP contribution in [0, 0.1) is 23.2 Å². The standard InChI is InChI=1S/C11H13N/c1-9(2)11(8-12)7-10-5-3-4-6-10/h3-7,9-10H,1-2H3/b11-7-. The Kier molecular flexibility index (Phi) is 2.88. The van der Waals surface area contributed by atoms with Gasteiger partial charge in [-0.05, 0) is 5.92 Å². The van der Waals surface area contributed by atoms with Gasteiger partial charge in [-0.25, -0.2) is 0 Å². The molecule has 0 spiro atoms. The van der Waals surface area contributed by atoms with Gasteiger partial charge in [-0.2, -0.15) is 5.26 Å². The molecule has 0 saturated carbocycles. The number of nitrogens with zero attached hydrogens (tertiary/aromatic N) is 1. The molecule has 0 aliphatic heterocycles. The first-order valence-electron chi connectivity index (χ1n) is 4.21. The zero-order valence-corrected chi connectivity index (χ0v) is 7.49. The summed E-state index contributed by atoms with van der Waals surface area (Å²) < 4.78 is 0. The maximum atomic E-state index is 8.79. The zero-order chi connectivity index (χ0) is 8.97. The minimum atomic E-state index is 0.331. The second-order valence-corrected chi connectivity index (χ2v) is 3.24. The summed E-state index contributed by atoms with van der Waals surface area (Å²) in [6.07, 6.45) is 10.2. The minimum Gasteiger partial charge on any atom is -0.193 e. The zero-order valence-electron chi connectivity index (χ0n) is 7.49. The van der Waals surface area contributed by atoms with Crippen molar-refractivity contribution >= 4 is 0 Å². The molecule has 0 atom stereocenters. The van der Waals surface area contributed by atoms with Gasteiger partial charge in [0.15, 0.2) is 0 Å². The van der Waals surface area contributed by atoms with E-state index in [-0.39, 0.29) is 0 Å². The summed E-state index contributed by atoms with van der Waals surface area (Å²) in [5, 5.41) is 8.79. The summed E-state index contributed by atoms with van der Waals surface area (Å²) in [6, 6.07) is 2.22. The van der Waals surface area contributed by atoms with E-state index in [1.165, 1.54) is 0 Å². The van der Waals surface area contributed by atoms with Crippen LogP contribution in [0.5, 0.6) is 0 Å². The van der Waals surface area contributed by atoms with E-state index >= 15 is 0 Å². The first-order chi connectivity index (χ1) is 5.74. The maximum absolute atomic E-state index is 8.79. The molecule has 0 unspecified atom stereocenters. The number of nitriles is 1. The molecule has 0 aromatic heterocycles. The van der Waals surface area contributed by atoms with Crippen LogP contribution in [-0.4, -0.2) is 0 Å². The molecule has 0 bridgehead atoms. The largest absolute Gasteiger partial charge is 0.193 e. The fourth-order valence-electron chi connectivity index (χ4n) is 1.13. The van der Waals surface area contributed by atoms with Crippen LogP contribution < -0.4 is 0 Å². The van der Waals surface area contributed by atoms with Crippen LogP contribution >= 0.6 is 0 Å². The maximum Gasteiger partial charge on any atom is 0.0946 e. The van der Waals surface area contributed by atoms with Crippen molar-refractivity contribution in [3.8, 4) is 6.07 Å². The van der Waals surface area contributed by atoms with E-state index in [2.05, 4.69) is 18.2 Å². The quantitative estimate of drug-likeness (QED) is 0.568. The molecule has 62 valence electrons. The molecule has 12 heavy (non-hydrogen) atoms. The third-order valence-corrected chi connectivity index (χ3v) is 1.90. The Labute approximate surface area is 73.7 Å². The van der Waals surface area contributed by atoms with Crippen LogP contribution in [0.1, 0.15) is 13.8 Å². The third-order valence-electron chi connectivity index (χ3n) is 1.90. The second kappa shape index (κ2) is 3.92. The molecule has 0 N–H and O–H groups in total. The van der Waals surface area contributed by atoms with E-state index in [1.807, 2.05) is 32.1 Å². The van der Waals surface area contributed by atoms with Crippen molar-refractivity contribution in [2.45, 2.75) is 13.8 Å². The van der Waals surface area contributed by atoms with Crippen LogP contribution in [0.2, 0.25) is 0 Å². The molecule has 0 amide bonds. The lowest BCUT2D eigenvalue weighted by Crippen LogP contribution is -1.94. The van der Waals surface area contributed by atoms with E-state index in [0.29, 0.717) is 11.8 Å². The molecule has 0 aromatic carbocycles. The average Bonchev–Trinajstić information content (AvgIpc) is 2.51. The van der Waals surface area contributed by atoms with Gasteiger partial charge < -0.3 is 0 Å². The van der Waals surface area contributed by atoms with Crippen LogP contribution in [0.4, 0.5) is 0 Å². The van der Waals surface area contributed by atoms with Crippen molar-refractivity contribution < 1.29 is 0 Å². The summed E-state index contributed by atoms with van der Waals surface area (Å²) in [5.41, 5.74) is 0.871. The van der Waals surface area contributed by atoms with E-state index in [4.69, 9.17) is 5.26 Å². The van der Waals surface area contributed by atoms with Crippen molar-refractivity contribution in [1.29, 1.82) is 5.26 Å². The monoisotopic (exact) mass is 159 g/mol. The van der Waals surface area contributed by atoms with Crippen LogP contribution in [-0.2, 0) is 0 Å². The fourth-order valence-corrected chi connectivity index (χ4v) is 1.13. The number of rotatable bonds is 2. The van der Waals surface area contributed by atoms with E-state index in [1.54, 1.807) is 0 Å². The summed E-state index contributed by atoms with van der Waals surface area (Å²) in [7, 11) is 0. The van der Waals surface area contributed by atoms with Crippen LogP contribution in [0.25, 0.3) is 0 Å². The van der Waals surface area contributed by atoms with Crippen LogP contribution in [0.3, 0.4) is 0 Å². The van der Waals surface area contributed by atoms with E-state index in [0.717, 1.165) is 5.57 Å². The van der Waals surface area contributed by atoms with Crippen molar-refractivity contribution in [1.82, 2.24) is 0 Å². The minimum absolute atomic E-state index is 0.331. The molecule has 1 heteroatoms. The third kappa shape index (κ3) is 2.10. The van der Waals surface area contributed by atoms with Gasteiger partial charge >= 0.3 is 0 Å². The topological polar surface area (TPSA) is 23.8 Å². The first kappa shape index (κ1) is 8.80. The molecule has 0 radical (unpaired) electrons. The van der Waals surface area contributed by atoms with Gasteiger partial charge in [-0.15, -0.1) is 0 Å². The van der Waals surface area contributed by atoms with Gasteiger partial charge in [-0.1, -0.05) is 44.2 Å². The lowest BCUT2D eigenvalue weighted by atomic mass is 9.99. The second-order valence-electron chi connectivity index (χ2n) is 3.24. The van der Waals surface area contributed by atoms with Gasteiger partial charge in [-0.3, -0.25) is 0 Å². The predicted octanol–water partition coefficient (Wildman–Crippen LogP) is 2.83. The van der Waals surface area contributed by atoms with Crippen molar-refractivity contribution in [3.63, 3.8) is 0 Å². The molecule has 1 nitrogen and oxygen atoms in total. The predicted molar refractivity (Wildman–Crippen MR) is 50.3 cm³/mol. The number of hydrogen-bond acceptors (Lipinski definition) is 1. The Morgan fingerprint density at radius 2 is 2.00 bits per heavy atom. The van der Waals surface area contributed by atoms with Crippen molar-refractivity contribution in [2.24, 2.45) is 11.8 Å². The van der Waals surface area contributed by atoms with Gasteiger partial charge in [0, 0.05) is 11.5 Å². The van der Waals surface area contributed by atoms with E-state index in [9.17, 15) is 0 Å². The van der Waals surface area contributed by atoms with E-state index < -0.39 is 0 Å². The molecule has 0 heterocycles. The molecule has 0 aromatic rings. The van der Waals surface area contributed by atoms with Crippen LogP contribution in [0.15, 0.2) is 36.0 Å². The highest BCUT2D eigenvalue weighted by atomic mass is 14.3. The lowest BCUT2D eigenvalue weighted by Gasteiger charge is -2.03. The summed E-state index contributed by atoms with van der Waals surface area (Å²) in [5.74, 6) is 0.666. The molecule has 1 aliphatic carbocycles. The summed E-state index contributed by atoms with van der Waals surface area (Å²) in [4.78, 5) is 0. The first-order valence-corrected chi connectivity index (χ1v) is 4.21. The molecule has 1 aliphatic rings.